The zero-order valence-electron chi connectivity index (χ0n) is 14.8. The third-order valence-corrected chi connectivity index (χ3v) is 4.85. The molecule has 0 N–H and O–H groups in total. The fourth-order valence-electron chi connectivity index (χ4n) is 3.42. The van der Waals surface area contributed by atoms with Crippen molar-refractivity contribution in [1.29, 1.82) is 0 Å². The molecule has 27 heavy (non-hydrogen) atoms. The molecule has 1 aliphatic rings. The minimum Gasteiger partial charge on any atom is -0.314 e. The van der Waals surface area contributed by atoms with E-state index in [1.807, 2.05) is 37.4 Å². The molecular formula is C20H18F2N4O. The van der Waals surface area contributed by atoms with Crippen LogP contribution >= 0.6 is 0 Å². The number of rotatable bonds is 3. The molecule has 0 bridgehead atoms. The van der Waals surface area contributed by atoms with E-state index in [0.29, 0.717) is 42.3 Å². The minimum atomic E-state index is -0.946. The third kappa shape index (κ3) is 3.20. The molecule has 3 aromatic rings. The van der Waals surface area contributed by atoms with Crippen molar-refractivity contribution in [2.75, 3.05) is 11.4 Å². The lowest BCUT2D eigenvalue weighted by atomic mass is 10.0. The van der Waals surface area contributed by atoms with Crippen molar-refractivity contribution < 1.29 is 13.6 Å². The van der Waals surface area contributed by atoms with Gasteiger partial charge in [-0.3, -0.25) is 4.79 Å². The number of nitrogens with zero attached hydrogens (tertiary/aromatic N) is 4. The highest BCUT2D eigenvalue weighted by Crippen LogP contribution is 2.30. The van der Waals surface area contributed by atoms with Crippen molar-refractivity contribution in [2.45, 2.75) is 19.3 Å². The van der Waals surface area contributed by atoms with Gasteiger partial charge in [0.15, 0.2) is 17.5 Å². The summed E-state index contributed by atoms with van der Waals surface area (Å²) >= 11 is 0. The third-order valence-electron chi connectivity index (χ3n) is 4.85. The maximum Gasteiger partial charge on any atom is 0.234 e. The van der Waals surface area contributed by atoms with E-state index in [-0.39, 0.29) is 12.3 Å². The molecule has 1 amide bonds. The fraction of sp³-hybridized carbons (Fsp3) is 0.250. The average molecular weight is 368 g/mol. The number of halogens is 2. The van der Waals surface area contributed by atoms with Crippen LogP contribution in [0.1, 0.15) is 17.8 Å². The van der Waals surface area contributed by atoms with E-state index < -0.39 is 11.6 Å². The molecule has 0 radical (unpaired) electrons. The second-order valence-corrected chi connectivity index (χ2v) is 6.59. The van der Waals surface area contributed by atoms with Gasteiger partial charge in [0, 0.05) is 30.9 Å². The van der Waals surface area contributed by atoms with Gasteiger partial charge in [-0.25, -0.2) is 8.78 Å². The molecule has 0 unspecified atom stereocenters. The Bertz CT molecular complexity index is 1000. The Kier molecular flexibility index (Phi) is 4.43. The smallest absolute Gasteiger partial charge is 0.234 e. The van der Waals surface area contributed by atoms with Gasteiger partial charge in [0.2, 0.25) is 5.91 Å². The van der Waals surface area contributed by atoms with Crippen LogP contribution in [0.5, 0.6) is 0 Å². The van der Waals surface area contributed by atoms with E-state index in [4.69, 9.17) is 0 Å². The molecule has 4 rings (SSSR count). The summed E-state index contributed by atoms with van der Waals surface area (Å²) in [6, 6.07) is 11.9. The molecule has 138 valence electrons. The summed E-state index contributed by atoms with van der Waals surface area (Å²) in [6.07, 6.45) is 1.37. The number of carbonyl (C=O) groups excluding carboxylic acids is 1. The van der Waals surface area contributed by atoms with Gasteiger partial charge in [-0.2, -0.15) is 0 Å². The normalized spacial score (nSPS) is 13.5. The van der Waals surface area contributed by atoms with Crippen LogP contribution in [0.15, 0.2) is 42.5 Å². The molecule has 0 spiro atoms. The fourth-order valence-corrected chi connectivity index (χ4v) is 3.42. The van der Waals surface area contributed by atoms with Crippen molar-refractivity contribution in [2.24, 2.45) is 7.05 Å². The Morgan fingerprint density at radius 3 is 2.63 bits per heavy atom. The molecule has 2 aromatic carbocycles. The first-order valence-electron chi connectivity index (χ1n) is 8.76. The van der Waals surface area contributed by atoms with Crippen molar-refractivity contribution in [3.63, 3.8) is 0 Å². The second-order valence-electron chi connectivity index (χ2n) is 6.59. The van der Waals surface area contributed by atoms with Gasteiger partial charge in [0.1, 0.15) is 5.82 Å². The van der Waals surface area contributed by atoms with Crippen LogP contribution in [-0.2, 0) is 24.7 Å². The predicted molar refractivity (Wildman–Crippen MR) is 97.2 cm³/mol. The number of hydrogen-bond acceptors (Lipinski definition) is 3. The number of benzene rings is 2. The summed E-state index contributed by atoms with van der Waals surface area (Å²) in [4.78, 5) is 14.4. The number of amides is 1. The Balaban J connectivity index is 1.60. The monoisotopic (exact) mass is 368 g/mol. The predicted octanol–water partition coefficient (Wildman–Crippen LogP) is 3.28. The summed E-state index contributed by atoms with van der Waals surface area (Å²) < 4.78 is 29.0. The SMILES string of the molecule is Cn1c(CC(=O)N2CCCc3cc(F)c(F)cc32)nnc1-c1ccccc1. The van der Waals surface area contributed by atoms with E-state index >= 15 is 0 Å². The second kappa shape index (κ2) is 6.90. The highest BCUT2D eigenvalue weighted by Gasteiger charge is 2.26. The van der Waals surface area contributed by atoms with Crippen LogP contribution in [0.25, 0.3) is 11.4 Å². The zero-order chi connectivity index (χ0) is 19.0. The Labute approximate surface area is 155 Å². The molecular weight excluding hydrogens is 350 g/mol. The van der Waals surface area contributed by atoms with Gasteiger partial charge >= 0.3 is 0 Å². The zero-order valence-corrected chi connectivity index (χ0v) is 14.8. The maximum atomic E-state index is 13.7. The topological polar surface area (TPSA) is 51.0 Å². The minimum absolute atomic E-state index is 0.0365. The Morgan fingerprint density at radius 2 is 1.85 bits per heavy atom. The van der Waals surface area contributed by atoms with Crippen LogP contribution in [0.4, 0.5) is 14.5 Å². The molecule has 0 fully saturated rings. The van der Waals surface area contributed by atoms with Gasteiger partial charge < -0.3 is 9.47 Å². The quantitative estimate of drug-likeness (QED) is 0.713. The lowest BCUT2D eigenvalue weighted by molar-refractivity contribution is -0.118. The molecule has 2 heterocycles. The first-order chi connectivity index (χ1) is 13.0. The Hall–Kier alpha value is -3.09. The van der Waals surface area contributed by atoms with E-state index in [1.165, 1.54) is 11.0 Å². The van der Waals surface area contributed by atoms with Crippen molar-refractivity contribution in [1.82, 2.24) is 14.8 Å². The molecule has 1 aromatic heterocycles. The summed E-state index contributed by atoms with van der Waals surface area (Å²) in [7, 11) is 1.81. The summed E-state index contributed by atoms with van der Waals surface area (Å²) in [5, 5.41) is 8.33. The number of hydrogen-bond donors (Lipinski definition) is 0. The number of anilines is 1. The maximum absolute atomic E-state index is 13.7. The molecule has 0 saturated carbocycles. The highest BCUT2D eigenvalue weighted by atomic mass is 19.2. The summed E-state index contributed by atoms with van der Waals surface area (Å²) in [5.41, 5.74) is 2.00. The van der Waals surface area contributed by atoms with Crippen molar-refractivity contribution in [3.05, 3.63) is 65.5 Å². The van der Waals surface area contributed by atoms with E-state index in [0.717, 1.165) is 11.6 Å². The molecule has 0 atom stereocenters. The van der Waals surface area contributed by atoms with Crippen LogP contribution in [0.3, 0.4) is 0 Å². The first kappa shape index (κ1) is 17.3. The molecule has 7 heteroatoms. The first-order valence-corrected chi connectivity index (χ1v) is 8.76. The molecule has 0 aliphatic carbocycles. The van der Waals surface area contributed by atoms with E-state index in [2.05, 4.69) is 10.2 Å². The van der Waals surface area contributed by atoms with Gasteiger partial charge in [0.25, 0.3) is 0 Å². The largest absolute Gasteiger partial charge is 0.314 e. The van der Waals surface area contributed by atoms with Gasteiger partial charge in [-0.05, 0) is 24.5 Å². The molecule has 0 saturated heterocycles. The summed E-state index contributed by atoms with van der Waals surface area (Å²) in [6.45, 7) is 0.473. The summed E-state index contributed by atoms with van der Waals surface area (Å²) in [5.74, 6) is -0.849. The standard InChI is InChI=1S/C20H18F2N4O/c1-25-18(23-24-20(25)13-6-3-2-4-7-13)12-19(27)26-9-5-8-14-10-15(21)16(22)11-17(14)26/h2-4,6-7,10-11H,5,8-9,12H2,1H3. The molecule has 5 nitrogen and oxygen atoms in total. The van der Waals surface area contributed by atoms with Crippen LogP contribution < -0.4 is 4.90 Å². The number of carbonyl (C=O) groups is 1. The Morgan fingerprint density at radius 1 is 1.11 bits per heavy atom. The van der Waals surface area contributed by atoms with Gasteiger partial charge in [-0.15, -0.1) is 10.2 Å². The van der Waals surface area contributed by atoms with Gasteiger partial charge in [0.05, 0.1) is 6.42 Å². The van der Waals surface area contributed by atoms with Crippen molar-refractivity contribution >= 4 is 11.6 Å². The van der Waals surface area contributed by atoms with Crippen molar-refractivity contribution in [3.8, 4) is 11.4 Å². The lowest BCUT2D eigenvalue weighted by Crippen LogP contribution is -2.37. The van der Waals surface area contributed by atoms with Crippen LogP contribution in [-0.4, -0.2) is 27.2 Å². The van der Waals surface area contributed by atoms with E-state index in [9.17, 15) is 13.6 Å². The highest BCUT2D eigenvalue weighted by molar-refractivity contribution is 5.95. The number of fused-ring (bicyclic) bond motifs is 1. The lowest BCUT2D eigenvalue weighted by Gasteiger charge is -2.29. The number of aryl methyl sites for hydroxylation is 1. The van der Waals surface area contributed by atoms with Gasteiger partial charge in [-0.1, -0.05) is 30.3 Å². The van der Waals surface area contributed by atoms with Crippen LogP contribution in [0, 0.1) is 11.6 Å². The molecule has 1 aliphatic heterocycles. The average Bonchev–Trinajstić information content (AvgIpc) is 3.03. The number of aromatic nitrogens is 3. The van der Waals surface area contributed by atoms with E-state index in [1.54, 1.807) is 4.57 Å². The van der Waals surface area contributed by atoms with Crippen LogP contribution in [0.2, 0.25) is 0 Å².